The highest BCUT2D eigenvalue weighted by Crippen LogP contribution is 2.45. The maximum absolute atomic E-state index is 12.9. The maximum atomic E-state index is 12.9. The van der Waals surface area contributed by atoms with Crippen molar-refractivity contribution in [2.45, 2.75) is 38.2 Å². The molecule has 0 spiro atoms. The molecule has 1 aromatic carbocycles. The Morgan fingerprint density at radius 3 is 2.50 bits per heavy atom. The van der Waals surface area contributed by atoms with Gasteiger partial charge in [0, 0.05) is 28.7 Å². The molecule has 2 N–H and O–H groups in total. The average Bonchev–Trinajstić information content (AvgIpc) is 2.50. The van der Waals surface area contributed by atoms with Gasteiger partial charge in [-0.05, 0) is 32.3 Å². The Bertz CT molecular complexity index is 898. The van der Waals surface area contributed by atoms with Gasteiger partial charge in [-0.3, -0.25) is 14.4 Å². The fourth-order valence-electron chi connectivity index (χ4n) is 4.05. The van der Waals surface area contributed by atoms with Crippen LogP contribution in [0.2, 0.25) is 0 Å². The first kappa shape index (κ1) is 15.0. The van der Waals surface area contributed by atoms with Crippen LogP contribution < -0.4 is 0 Å². The van der Waals surface area contributed by atoms with Crippen molar-refractivity contribution in [2.24, 2.45) is 0 Å². The number of rotatable bonds is 0. The number of Topliss-reactive ketones (excluding diaryl/α,β-unsaturated/α-hetero) is 3. The molecule has 0 unspecified atom stereocenters. The summed E-state index contributed by atoms with van der Waals surface area (Å²) in [6.45, 7) is 1.61. The minimum absolute atomic E-state index is 0.0283. The quantitative estimate of drug-likeness (QED) is 0.764. The van der Waals surface area contributed by atoms with E-state index in [0.717, 1.165) is 5.57 Å². The molecule has 0 amide bonds. The van der Waals surface area contributed by atoms with Gasteiger partial charge in [-0.25, -0.2) is 0 Å². The van der Waals surface area contributed by atoms with Crippen LogP contribution in [-0.2, 0) is 4.79 Å². The normalized spacial score (nSPS) is 26.3. The summed E-state index contributed by atoms with van der Waals surface area (Å²) < 4.78 is 0. The summed E-state index contributed by atoms with van der Waals surface area (Å²) in [6.07, 6.45) is 1.09. The van der Waals surface area contributed by atoms with E-state index in [2.05, 4.69) is 0 Å². The van der Waals surface area contributed by atoms with Crippen molar-refractivity contribution in [1.82, 2.24) is 0 Å². The summed E-state index contributed by atoms with van der Waals surface area (Å²) in [5, 5.41) is 20.2. The Hall–Kier alpha value is -2.53. The smallest absolute Gasteiger partial charge is 0.195 e. The molecule has 1 atom stereocenters. The topological polar surface area (TPSA) is 91.7 Å². The number of hydrogen-bond acceptors (Lipinski definition) is 5. The number of ketones is 3. The van der Waals surface area contributed by atoms with E-state index in [1.807, 2.05) is 0 Å². The number of carbonyl (C=O) groups is 3. The fourth-order valence-corrected chi connectivity index (χ4v) is 4.05. The standard InChI is InChI=1S/C19H16O5/c1-19(24)7-9-5-6-11-16(14(9)13(21)8-19)18(23)10-3-2-4-12(20)15(10)17(11)22/h2-4,20,24H,5-8H2,1H3/t19-/m1/s1. The van der Waals surface area contributed by atoms with Gasteiger partial charge in [-0.2, -0.15) is 0 Å². The van der Waals surface area contributed by atoms with Gasteiger partial charge in [-0.1, -0.05) is 17.7 Å². The van der Waals surface area contributed by atoms with Crippen LogP contribution in [0.3, 0.4) is 0 Å². The molecule has 0 fully saturated rings. The van der Waals surface area contributed by atoms with E-state index in [9.17, 15) is 24.6 Å². The number of aromatic hydroxyl groups is 1. The summed E-state index contributed by atoms with van der Waals surface area (Å²) in [7, 11) is 0. The first-order chi connectivity index (χ1) is 11.3. The number of allylic oxidation sites excluding steroid dienone is 3. The van der Waals surface area contributed by atoms with Crippen molar-refractivity contribution >= 4 is 17.3 Å². The highest BCUT2D eigenvalue weighted by molar-refractivity contribution is 6.32. The second-order valence-corrected chi connectivity index (χ2v) is 6.96. The highest BCUT2D eigenvalue weighted by atomic mass is 16.3. The Labute approximate surface area is 138 Å². The van der Waals surface area contributed by atoms with Crippen molar-refractivity contribution in [3.05, 3.63) is 51.6 Å². The van der Waals surface area contributed by atoms with E-state index in [0.29, 0.717) is 30.4 Å². The zero-order valence-electron chi connectivity index (χ0n) is 13.2. The fraction of sp³-hybridized carbons (Fsp3) is 0.316. The number of phenolic OH excluding ortho intramolecular Hbond substituents is 1. The van der Waals surface area contributed by atoms with Crippen LogP contribution in [0.15, 0.2) is 40.5 Å². The van der Waals surface area contributed by atoms with Gasteiger partial charge < -0.3 is 10.2 Å². The number of carbonyl (C=O) groups excluding carboxylic acids is 3. The van der Waals surface area contributed by atoms with Crippen LogP contribution in [-0.4, -0.2) is 33.2 Å². The van der Waals surface area contributed by atoms with Gasteiger partial charge in [0.1, 0.15) is 5.75 Å². The van der Waals surface area contributed by atoms with Crippen molar-refractivity contribution in [3.8, 4) is 5.75 Å². The van der Waals surface area contributed by atoms with Gasteiger partial charge in [0.2, 0.25) is 0 Å². The first-order valence-corrected chi connectivity index (χ1v) is 7.92. The molecule has 4 rings (SSSR count). The van der Waals surface area contributed by atoms with E-state index in [1.165, 1.54) is 18.2 Å². The van der Waals surface area contributed by atoms with Crippen LogP contribution in [0, 0.1) is 0 Å². The van der Waals surface area contributed by atoms with Gasteiger partial charge in [0.05, 0.1) is 11.2 Å². The van der Waals surface area contributed by atoms with Gasteiger partial charge in [0.15, 0.2) is 17.3 Å². The maximum Gasteiger partial charge on any atom is 0.195 e. The predicted molar refractivity (Wildman–Crippen MR) is 84.9 cm³/mol. The summed E-state index contributed by atoms with van der Waals surface area (Å²) in [4.78, 5) is 38.3. The van der Waals surface area contributed by atoms with E-state index in [-0.39, 0.29) is 40.4 Å². The zero-order valence-corrected chi connectivity index (χ0v) is 13.2. The molecular formula is C19H16O5. The summed E-state index contributed by atoms with van der Waals surface area (Å²) in [5.74, 6) is -1.28. The number of hydrogen-bond donors (Lipinski definition) is 2. The van der Waals surface area contributed by atoms with Gasteiger partial charge in [0.25, 0.3) is 0 Å². The van der Waals surface area contributed by atoms with E-state index < -0.39 is 11.4 Å². The van der Waals surface area contributed by atoms with Crippen molar-refractivity contribution in [2.75, 3.05) is 0 Å². The molecule has 0 bridgehead atoms. The van der Waals surface area contributed by atoms with E-state index >= 15 is 0 Å². The molecule has 1 aromatic rings. The Morgan fingerprint density at radius 1 is 1.00 bits per heavy atom. The second-order valence-electron chi connectivity index (χ2n) is 6.96. The van der Waals surface area contributed by atoms with Crippen LogP contribution in [0.25, 0.3) is 0 Å². The Balaban J connectivity index is 1.94. The molecule has 3 aliphatic rings. The first-order valence-electron chi connectivity index (χ1n) is 7.92. The molecule has 0 radical (unpaired) electrons. The molecule has 0 aromatic heterocycles. The Morgan fingerprint density at radius 2 is 1.75 bits per heavy atom. The summed E-state index contributed by atoms with van der Waals surface area (Å²) in [5.41, 5.74) is 0.613. The van der Waals surface area contributed by atoms with Crippen LogP contribution in [0.4, 0.5) is 0 Å². The minimum Gasteiger partial charge on any atom is -0.507 e. The van der Waals surface area contributed by atoms with E-state index in [1.54, 1.807) is 6.92 Å². The molecule has 0 heterocycles. The van der Waals surface area contributed by atoms with Crippen molar-refractivity contribution in [3.63, 3.8) is 0 Å². The van der Waals surface area contributed by atoms with E-state index in [4.69, 9.17) is 0 Å². The molecule has 5 heteroatoms. The molecule has 24 heavy (non-hydrogen) atoms. The third-order valence-corrected chi connectivity index (χ3v) is 5.01. The lowest BCUT2D eigenvalue weighted by Gasteiger charge is -2.36. The largest absolute Gasteiger partial charge is 0.507 e. The number of fused-ring (bicyclic) bond motifs is 2. The zero-order chi connectivity index (χ0) is 17.2. The molecule has 0 saturated carbocycles. The molecule has 122 valence electrons. The van der Waals surface area contributed by atoms with Gasteiger partial charge in [-0.15, -0.1) is 0 Å². The third kappa shape index (κ3) is 1.94. The molecule has 0 saturated heterocycles. The number of phenols is 1. The minimum atomic E-state index is -1.11. The molecule has 0 aliphatic heterocycles. The number of benzene rings is 1. The van der Waals surface area contributed by atoms with Crippen LogP contribution in [0.5, 0.6) is 5.75 Å². The van der Waals surface area contributed by atoms with Crippen LogP contribution >= 0.6 is 0 Å². The third-order valence-electron chi connectivity index (χ3n) is 5.01. The molecule has 3 aliphatic carbocycles. The van der Waals surface area contributed by atoms with Gasteiger partial charge >= 0.3 is 0 Å². The number of aliphatic hydroxyl groups is 1. The second kappa shape index (κ2) is 4.74. The molecular weight excluding hydrogens is 308 g/mol. The lowest BCUT2D eigenvalue weighted by molar-refractivity contribution is -0.120. The highest BCUT2D eigenvalue weighted by Gasteiger charge is 2.44. The Kier molecular flexibility index (Phi) is 2.97. The summed E-state index contributed by atoms with van der Waals surface area (Å²) >= 11 is 0. The predicted octanol–water partition coefficient (Wildman–Crippen LogP) is 2.27. The van der Waals surface area contributed by atoms with Crippen molar-refractivity contribution < 1.29 is 24.6 Å². The average molecular weight is 324 g/mol. The molecule has 5 nitrogen and oxygen atoms in total. The SMILES string of the molecule is C[C@]1(O)CC(=O)C2=C(CCC3=C2C(=O)c2cccc(O)c2C3=O)C1. The van der Waals surface area contributed by atoms with Crippen molar-refractivity contribution in [1.29, 1.82) is 0 Å². The lowest BCUT2D eigenvalue weighted by atomic mass is 9.68. The monoisotopic (exact) mass is 324 g/mol. The lowest BCUT2D eigenvalue weighted by Crippen LogP contribution is -2.38. The summed E-state index contributed by atoms with van der Waals surface area (Å²) in [6, 6.07) is 4.39. The van der Waals surface area contributed by atoms with Crippen LogP contribution in [0.1, 0.15) is 53.3 Å².